The summed E-state index contributed by atoms with van der Waals surface area (Å²) in [4.78, 5) is 11.6. The number of hydrogen-bond acceptors (Lipinski definition) is 3. The second kappa shape index (κ2) is 5.87. The number of aliphatic hydroxyl groups is 1. The van der Waals surface area contributed by atoms with Crippen molar-refractivity contribution in [2.24, 2.45) is 5.92 Å². The first-order chi connectivity index (χ1) is 7.91. The van der Waals surface area contributed by atoms with Crippen LogP contribution in [0.3, 0.4) is 0 Å². The van der Waals surface area contributed by atoms with Gasteiger partial charge in [0, 0.05) is 6.54 Å². The van der Waals surface area contributed by atoms with E-state index in [2.05, 4.69) is 19.2 Å². The standard InChI is InChI=1S/C13H21NO3/c1-10(2)6-7-13(3,16)9-14-12(15)11-5-4-8-17-11/h4-5,8,10,16H,6-7,9H2,1-3H3,(H,14,15). The van der Waals surface area contributed by atoms with Crippen LogP contribution in [-0.4, -0.2) is 23.2 Å². The van der Waals surface area contributed by atoms with E-state index in [-0.39, 0.29) is 18.2 Å². The van der Waals surface area contributed by atoms with Gasteiger partial charge in [-0.3, -0.25) is 4.79 Å². The van der Waals surface area contributed by atoms with Gasteiger partial charge in [-0.15, -0.1) is 0 Å². The van der Waals surface area contributed by atoms with Gasteiger partial charge in [0.1, 0.15) is 0 Å². The molecule has 0 aliphatic rings. The van der Waals surface area contributed by atoms with Crippen LogP contribution in [-0.2, 0) is 0 Å². The van der Waals surface area contributed by atoms with Crippen molar-refractivity contribution in [3.05, 3.63) is 24.2 Å². The van der Waals surface area contributed by atoms with Crippen molar-refractivity contribution in [2.75, 3.05) is 6.54 Å². The summed E-state index contributed by atoms with van der Waals surface area (Å²) in [6.45, 7) is 6.19. The molecule has 0 fully saturated rings. The lowest BCUT2D eigenvalue weighted by Gasteiger charge is -2.24. The highest BCUT2D eigenvalue weighted by Crippen LogP contribution is 2.15. The molecule has 0 aromatic carbocycles. The van der Waals surface area contributed by atoms with Crippen molar-refractivity contribution in [2.45, 2.75) is 39.2 Å². The first-order valence-electron chi connectivity index (χ1n) is 5.95. The van der Waals surface area contributed by atoms with Crippen LogP contribution in [0.25, 0.3) is 0 Å². The van der Waals surface area contributed by atoms with Crippen LogP contribution in [0.1, 0.15) is 44.2 Å². The van der Waals surface area contributed by atoms with E-state index < -0.39 is 5.60 Å². The molecule has 0 saturated carbocycles. The molecule has 4 heteroatoms. The number of nitrogens with one attached hydrogen (secondary N) is 1. The van der Waals surface area contributed by atoms with Gasteiger partial charge in [-0.2, -0.15) is 0 Å². The average Bonchev–Trinajstić information content (AvgIpc) is 2.77. The van der Waals surface area contributed by atoms with Gasteiger partial charge in [-0.1, -0.05) is 13.8 Å². The Hall–Kier alpha value is -1.29. The first-order valence-corrected chi connectivity index (χ1v) is 5.95. The predicted octanol–water partition coefficient (Wildman–Crippen LogP) is 2.20. The molecule has 96 valence electrons. The molecule has 0 aliphatic heterocycles. The molecule has 1 unspecified atom stereocenters. The predicted molar refractivity (Wildman–Crippen MR) is 65.7 cm³/mol. The van der Waals surface area contributed by atoms with Crippen molar-refractivity contribution in [1.82, 2.24) is 5.32 Å². The normalized spacial score (nSPS) is 14.6. The number of amides is 1. The molecular weight excluding hydrogens is 218 g/mol. The van der Waals surface area contributed by atoms with Crippen LogP contribution in [0.15, 0.2) is 22.8 Å². The van der Waals surface area contributed by atoms with Gasteiger partial charge in [-0.05, 0) is 37.8 Å². The summed E-state index contributed by atoms with van der Waals surface area (Å²) in [5, 5.41) is 12.7. The molecule has 0 radical (unpaired) electrons. The number of carbonyl (C=O) groups excluding carboxylic acids is 1. The van der Waals surface area contributed by atoms with Crippen LogP contribution in [0.2, 0.25) is 0 Å². The Labute approximate surface area is 102 Å². The lowest BCUT2D eigenvalue weighted by atomic mass is 9.95. The summed E-state index contributed by atoms with van der Waals surface area (Å²) < 4.78 is 4.97. The molecule has 0 bridgehead atoms. The van der Waals surface area contributed by atoms with E-state index in [1.165, 1.54) is 6.26 Å². The second-order valence-corrected chi connectivity index (χ2v) is 5.09. The maximum Gasteiger partial charge on any atom is 0.287 e. The van der Waals surface area contributed by atoms with Crippen molar-refractivity contribution in [1.29, 1.82) is 0 Å². The van der Waals surface area contributed by atoms with E-state index in [1.807, 2.05) is 0 Å². The van der Waals surface area contributed by atoms with Gasteiger partial charge >= 0.3 is 0 Å². The Morgan fingerprint density at radius 3 is 2.82 bits per heavy atom. The lowest BCUT2D eigenvalue weighted by Crippen LogP contribution is -2.40. The summed E-state index contributed by atoms with van der Waals surface area (Å²) in [6, 6.07) is 3.25. The summed E-state index contributed by atoms with van der Waals surface area (Å²) in [5.74, 6) is 0.520. The van der Waals surface area contributed by atoms with E-state index in [9.17, 15) is 9.90 Å². The van der Waals surface area contributed by atoms with Crippen LogP contribution >= 0.6 is 0 Å². The van der Waals surface area contributed by atoms with Gasteiger partial charge in [0.05, 0.1) is 11.9 Å². The molecule has 1 aromatic heterocycles. The summed E-state index contributed by atoms with van der Waals surface area (Å²) in [5.41, 5.74) is -0.869. The smallest absolute Gasteiger partial charge is 0.287 e. The molecule has 1 amide bonds. The first kappa shape index (κ1) is 13.8. The molecule has 0 saturated heterocycles. The lowest BCUT2D eigenvalue weighted by molar-refractivity contribution is 0.0424. The Balaban J connectivity index is 2.36. The van der Waals surface area contributed by atoms with Gasteiger partial charge in [0.2, 0.25) is 0 Å². The highest BCUT2D eigenvalue weighted by atomic mass is 16.3. The molecule has 1 atom stereocenters. The molecule has 0 spiro atoms. The Morgan fingerprint density at radius 1 is 1.59 bits per heavy atom. The molecule has 2 N–H and O–H groups in total. The zero-order valence-corrected chi connectivity index (χ0v) is 10.7. The molecule has 1 heterocycles. The van der Waals surface area contributed by atoms with Crippen molar-refractivity contribution in [3.8, 4) is 0 Å². The number of furan rings is 1. The van der Waals surface area contributed by atoms with Gasteiger partial charge in [0.25, 0.3) is 5.91 Å². The number of rotatable bonds is 6. The van der Waals surface area contributed by atoms with Crippen LogP contribution in [0.4, 0.5) is 0 Å². The van der Waals surface area contributed by atoms with Gasteiger partial charge < -0.3 is 14.8 Å². The molecular formula is C13H21NO3. The third-order valence-corrected chi connectivity index (χ3v) is 2.64. The molecule has 1 rings (SSSR count). The monoisotopic (exact) mass is 239 g/mol. The molecule has 0 aliphatic carbocycles. The second-order valence-electron chi connectivity index (χ2n) is 5.09. The van der Waals surface area contributed by atoms with Gasteiger partial charge in [-0.25, -0.2) is 0 Å². The topological polar surface area (TPSA) is 62.5 Å². The van der Waals surface area contributed by atoms with E-state index >= 15 is 0 Å². The molecule has 17 heavy (non-hydrogen) atoms. The third kappa shape index (κ3) is 5.04. The summed E-state index contributed by atoms with van der Waals surface area (Å²) in [6.07, 6.45) is 3.05. The molecule has 1 aromatic rings. The number of hydrogen-bond donors (Lipinski definition) is 2. The molecule has 4 nitrogen and oxygen atoms in total. The summed E-state index contributed by atoms with van der Waals surface area (Å²) in [7, 11) is 0. The van der Waals surface area contributed by atoms with Crippen LogP contribution in [0, 0.1) is 5.92 Å². The fourth-order valence-electron chi connectivity index (χ4n) is 1.45. The SMILES string of the molecule is CC(C)CCC(C)(O)CNC(=O)c1ccco1. The van der Waals surface area contributed by atoms with Crippen molar-refractivity contribution in [3.63, 3.8) is 0 Å². The largest absolute Gasteiger partial charge is 0.459 e. The van der Waals surface area contributed by atoms with E-state index in [0.717, 1.165) is 6.42 Å². The zero-order valence-electron chi connectivity index (χ0n) is 10.7. The van der Waals surface area contributed by atoms with Crippen LogP contribution in [0.5, 0.6) is 0 Å². The summed E-state index contributed by atoms with van der Waals surface area (Å²) >= 11 is 0. The van der Waals surface area contributed by atoms with E-state index in [1.54, 1.807) is 19.1 Å². The van der Waals surface area contributed by atoms with Crippen LogP contribution < -0.4 is 5.32 Å². The Morgan fingerprint density at radius 2 is 2.29 bits per heavy atom. The van der Waals surface area contributed by atoms with E-state index in [0.29, 0.717) is 12.3 Å². The van der Waals surface area contributed by atoms with Crippen molar-refractivity contribution < 1.29 is 14.3 Å². The zero-order chi connectivity index (χ0) is 12.9. The number of carbonyl (C=O) groups is 1. The third-order valence-electron chi connectivity index (χ3n) is 2.64. The highest BCUT2D eigenvalue weighted by Gasteiger charge is 2.22. The highest BCUT2D eigenvalue weighted by molar-refractivity contribution is 5.91. The fourth-order valence-corrected chi connectivity index (χ4v) is 1.45. The minimum Gasteiger partial charge on any atom is -0.459 e. The van der Waals surface area contributed by atoms with Crippen molar-refractivity contribution >= 4 is 5.91 Å². The van der Waals surface area contributed by atoms with E-state index in [4.69, 9.17) is 4.42 Å². The van der Waals surface area contributed by atoms with Gasteiger partial charge in [0.15, 0.2) is 5.76 Å². The minimum atomic E-state index is -0.869. The maximum absolute atomic E-state index is 11.6. The maximum atomic E-state index is 11.6. The Bertz CT molecular complexity index is 342. The minimum absolute atomic E-state index is 0.235. The fraction of sp³-hybridized carbons (Fsp3) is 0.615. The Kier molecular flexibility index (Phi) is 4.75. The quantitative estimate of drug-likeness (QED) is 0.800. The average molecular weight is 239 g/mol.